The van der Waals surface area contributed by atoms with Gasteiger partial charge in [-0.2, -0.15) is 0 Å². The maximum atomic E-state index is 4.34. The van der Waals surface area contributed by atoms with Crippen molar-refractivity contribution >= 4 is 21.6 Å². The third kappa shape index (κ3) is 2.29. The van der Waals surface area contributed by atoms with Crippen LogP contribution in [0.2, 0.25) is 0 Å². The monoisotopic (exact) mass is 308 g/mol. The summed E-state index contributed by atoms with van der Waals surface area (Å²) in [5.41, 5.74) is 0.914. The Labute approximate surface area is 115 Å². The van der Waals surface area contributed by atoms with E-state index in [1.165, 1.54) is 25.9 Å². The minimum atomic E-state index is 0.704. The molecule has 0 amide bonds. The van der Waals surface area contributed by atoms with Crippen molar-refractivity contribution in [3.05, 3.63) is 28.6 Å². The second-order valence-corrected chi connectivity index (χ2v) is 5.99. The van der Waals surface area contributed by atoms with Crippen molar-refractivity contribution in [1.82, 2.24) is 19.5 Å². The van der Waals surface area contributed by atoms with Crippen molar-refractivity contribution in [2.75, 3.05) is 20.1 Å². The molecule has 1 aliphatic heterocycles. The van der Waals surface area contributed by atoms with E-state index in [0.29, 0.717) is 5.92 Å². The zero-order valence-electron chi connectivity index (χ0n) is 10.5. The Kier molecular flexibility index (Phi) is 3.35. The van der Waals surface area contributed by atoms with Crippen LogP contribution in [0.1, 0.15) is 18.7 Å². The van der Waals surface area contributed by atoms with E-state index in [0.717, 1.165) is 22.4 Å². The topological polar surface area (TPSA) is 33.4 Å². The van der Waals surface area contributed by atoms with Crippen LogP contribution in [0.15, 0.2) is 22.8 Å². The van der Waals surface area contributed by atoms with E-state index >= 15 is 0 Å². The van der Waals surface area contributed by atoms with Gasteiger partial charge in [-0.3, -0.25) is 4.40 Å². The third-order valence-electron chi connectivity index (χ3n) is 3.65. The highest BCUT2D eigenvalue weighted by Crippen LogP contribution is 2.21. The molecule has 1 atom stereocenters. The van der Waals surface area contributed by atoms with Gasteiger partial charge in [0.25, 0.3) is 0 Å². The number of pyridine rings is 1. The van der Waals surface area contributed by atoms with E-state index in [9.17, 15) is 0 Å². The number of hydrogen-bond acceptors (Lipinski definition) is 3. The van der Waals surface area contributed by atoms with Crippen LogP contribution in [0, 0.1) is 5.92 Å². The van der Waals surface area contributed by atoms with Gasteiger partial charge < -0.3 is 4.90 Å². The number of nitrogens with zero attached hydrogens (tertiary/aromatic N) is 4. The van der Waals surface area contributed by atoms with E-state index in [-0.39, 0.29) is 0 Å². The minimum Gasteiger partial charge on any atom is -0.306 e. The zero-order chi connectivity index (χ0) is 12.5. The molecule has 1 saturated heterocycles. The quantitative estimate of drug-likeness (QED) is 0.854. The molecule has 18 heavy (non-hydrogen) atoms. The van der Waals surface area contributed by atoms with Crippen molar-refractivity contribution in [1.29, 1.82) is 0 Å². The molecule has 3 rings (SSSR count). The standard InChI is InChI=1S/C13H17BrN4/c1-17-6-2-4-10(9-17)8-12-15-16-13-11(14)5-3-7-18(12)13/h3,5,7,10H,2,4,6,8-9H2,1H3. The van der Waals surface area contributed by atoms with Gasteiger partial charge in [0.05, 0.1) is 4.47 Å². The number of piperidine rings is 1. The van der Waals surface area contributed by atoms with E-state index in [2.05, 4.69) is 42.5 Å². The molecule has 0 aliphatic carbocycles. The lowest BCUT2D eigenvalue weighted by atomic mass is 9.95. The molecule has 1 unspecified atom stereocenters. The summed E-state index contributed by atoms with van der Waals surface area (Å²) in [5.74, 6) is 1.78. The minimum absolute atomic E-state index is 0.704. The summed E-state index contributed by atoms with van der Waals surface area (Å²) in [6.45, 7) is 2.39. The van der Waals surface area contributed by atoms with Gasteiger partial charge in [0.15, 0.2) is 5.65 Å². The number of hydrogen-bond donors (Lipinski definition) is 0. The predicted molar refractivity (Wildman–Crippen MR) is 74.6 cm³/mol. The first-order valence-corrected chi connectivity index (χ1v) is 7.20. The first-order valence-electron chi connectivity index (χ1n) is 6.40. The van der Waals surface area contributed by atoms with E-state index in [1.807, 2.05) is 18.3 Å². The number of fused-ring (bicyclic) bond motifs is 1. The summed E-state index contributed by atoms with van der Waals surface area (Å²) in [4.78, 5) is 2.41. The van der Waals surface area contributed by atoms with Gasteiger partial charge in [0.1, 0.15) is 5.82 Å². The first kappa shape index (κ1) is 12.1. The Morgan fingerprint density at radius 1 is 1.44 bits per heavy atom. The molecule has 0 spiro atoms. The first-order chi connectivity index (χ1) is 8.74. The Bertz CT molecular complexity index is 551. The molecule has 1 aliphatic rings. The average molecular weight is 309 g/mol. The maximum Gasteiger partial charge on any atom is 0.175 e. The fraction of sp³-hybridized carbons (Fsp3) is 0.538. The highest BCUT2D eigenvalue weighted by molar-refractivity contribution is 9.10. The zero-order valence-corrected chi connectivity index (χ0v) is 12.1. The molecule has 3 heterocycles. The van der Waals surface area contributed by atoms with Gasteiger partial charge in [0.2, 0.25) is 0 Å². The van der Waals surface area contributed by atoms with Gasteiger partial charge in [0, 0.05) is 19.2 Å². The van der Waals surface area contributed by atoms with Crippen LogP contribution in [0.4, 0.5) is 0 Å². The molecule has 2 aromatic heterocycles. The van der Waals surface area contributed by atoms with Gasteiger partial charge in [-0.05, 0) is 60.4 Å². The predicted octanol–water partition coefficient (Wildman–Crippen LogP) is 2.38. The average Bonchev–Trinajstić information content (AvgIpc) is 2.74. The molecular weight excluding hydrogens is 292 g/mol. The molecular formula is C13H17BrN4. The van der Waals surface area contributed by atoms with Gasteiger partial charge in [-0.25, -0.2) is 0 Å². The number of likely N-dealkylation sites (tertiary alicyclic amines) is 1. The maximum absolute atomic E-state index is 4.34. The second kappa shape index (κ2) is 4.97. The van der Waals surface area contributed by atoms with Crippen molar-refractivity contribution in [3.8, 4) is 0 Å². The molecule has 0 radical (unpaired) electrons. The Morgan fingerprint density at radius 2 is 2.33 bits per heavy atom. The number of halogens is 1. The SMILES string of the molecule is CN1CCCC(Cc2nnc3c(Br)cccn23)C1. The van der Waals surface area contributed by atoms with Crippen LogP contribution >= 0.6 is 15.9 Å². The largest absolute Gasteiger partial charge is 0.306 e. The lowest BCUT2D eigenvalue weighted by Gasteiger charge is -2.29. The van der Waals surface area contributed by atoms with Gasteiger partial charge >= 0.3 is 0 Å². The van der Waals surface area contributed by atoms with Crippen LogP contribution in [0.3, 0.4) is 0 Å². The lowest BCUT2D eigenvalue weighted by Crippen LogP contribution is -2.33. The Morgan fingerprint density at radius 3 is 3.17 bits per heavy atom. The Balaban J connectivity index is 1.84. The van der Waals surface area contributed by atoms with Gasteiger partial charge in [-0.1, -0.05) is 0 Å². The van der Waals surface area contributed by atoms with E-state index in [1.54, 1.807) is 0 Å². The molecule has 5 heteroatoms. The summed E-state index contributed by atoms with van der Waals surface area (Å²) in [7, 11) is 2.20. The second-order valence-electron chi connectivity index (χ2n) is 5.14. The van der Waals surface area contributed by atoms with E-state index < -0.39 is 0 Å². The summed E-state index contributed by atoms with van der Waals surface area (Å²) in [6.07, 6.45) is 5.65. The molecule has 0 bridgehead atoms. The van der Waals surface area contributed by atoms with Crippen LogP contribution in [0.5, 0.6) is 0 Å². The number of rotatable bonds is 2. The van der Waals surface area contributed by atoms with Crippen molar-refractivity contribution in [2.24, 2.45) is 5.92 Å². The molecule has 2 aromatic rings. The summed E-state index contributed by atoms with van der Waals surface area (Å²) >= 11 is 3.51. The molecule has 0 aromatic carbocycles. The summed E-state index contributed by atoms with van der Waals surface area (Å²) in [5, 5.41) is 8.59. The van der Waals surface area contributed by atoms with Gasteiger partial charge in [-0.15, -0.1) is 10.2 Å². The molecule has 96 valence electrons. The van der Waals surface area contributed by atoms with Crippen LogP contribution < -0.4 is 0 Å². The van der Waals surface area contributed by atoms with E-state index in [4.69, 9.17) is 0 Å². The third-order valence-corrected chi connectivity index (χ3v) is 4.27. The van der Waals surface area contributed by atoms with Crippen LogP contribution in [0.25, 0.3) is 5.65 Å². The fourth-order valence-electron chi connectivity index (χ4n) is 2.77. The molecule has 1 fully saturated rings. The van der Waals surface area contributed by atoms with Crippen molar-refractivity contribution < 1.29 is 0 Å². The molecule has 0 saturated carbocycles. The van der Waals surface area contributed by atoms with Crippen LogP contribution in [-0.4, -0.2) is 39.6 Å². The fourth-order valence-corrected chi connectivity index (χ4v) is 3.19. The van der Waals surface area contributed by atoms with Crippen LogP contribution in [-0.2, 0) is 6.42 Å². The number of aromatic nitrogens is 3. The van der Waals surface area contributed by atoms with Crippen molar-refractivity contribution in [3.63, 3.8) is 0 Å². The van der Waals surface area contributed by atoms with Crippen molar-refractivity contribution in [2.45, 2.75) is 19.3 Å². The highest BCUT2D eigenvalue weighted by atomic mass is 79.9. The molecule has 0 N–H and O–H groups in total. The lowest BCUT2D eigenvalue weighted by molar-refractivity contribution is 0.207. The smallest absolute Gasteiger partial charge is 0.175 e. The summed E-state index contributed by atoms with van der Waals surface area (Å²) in [6, 6.07) is 4.03. The Hall–Kier alpha value is -0.940. The molecule has 4 nitrogen and oxygen atoms in total. The highest BCUT2D eigenvalue weighted by Gasteiger charge is 2.20. The summed E-state index contributed by atoms with van der Waals surface area (Å²) < 4.78 is 3.10. The normalized spacial score (nSPS) is 21.6.